The first-order valence-electron chi connectivity index (χ1n) is 3.39. The molecule has 0 fully saturated rings. The molecule has 0 saturated heterocycles. The number of carbonyl (C=O) groups is 1. The number of thiazole rings is 1. The van der Waals surface area contributed by atoms with Crippen LogP contribution in [0.15, 0.2) is 0 Å². The second-order valence-electron chi connectivity index (χ2n) is 2.30. The molecule has 0 amide bonds. The molecule has 3 nitrogen and oxygen atoms in total. The normalized spacial score (nSPS) is 9.83. The van der Waals surface area contributed by atoms with Crippen molar-refractivity contribution in [3.63, 3.8) is 0 Å². The molecule has 12 heavy (non-hydrogen) atoms. The maximum atomic E-state index is 10.9. The molecule has 0 radical (unpaired) electrons. The molecule has 0 aliphatic carbocycles. The predicted molar refractivity (Wildman–Crippen MR) is 50.0 cm³/mol. The number of methoxy groups -OCH3 is 1. The average Bonchev–Trinajstić information content (AvgIpc) is 2.30. The van der Waals surface area contributed by atoms with Crippen LogP contribution in [0, 0.1) is 10.9 Å². The number of H-pyrrole nitrogens is 1. The molecule has 66 valence electrons. The monoisotopic (exact) mass is 203 g/mol. The molecule has 0 bridgehead atoms. The van der Waals surface area contributed by atoms with Gasteiger partial charge in [0.05, 0.1) is 13.5 Å². The second kappa shape index (κ2) is 3.82. The number of rotatable bonds is 2. The van der Waals surface area contributed by atoms with Gasteiger partial charge in [-0.3, -0.25) is 4.79 Å². The molecule has 1 rings (SSSR count). The van der Waals surface area contributed by atoms with Gasteiger partial charge in [0.25, 0.3) is 0 Å². The highest BCUT2D eigenvalue weighted by Gasteiger charge is 2.07. The lowest BCUT2D eigenvalue weighted by Gasteiger charge is -1.96. The molecule has 0 spiro atoms. The summed E-state index contributed by atoms with van der Waals surface area (Å²) in [5.74, 6) is -0.248. The Bertz CT molecular complexity index is 339. The number of hydrogen-bond donors (Lipinski definition) is 1. The molecule has 1 aromatic heterocycles. The standard InChI is InChI=1S/C7H9NO2S2/c1-4-5(3-6(9)10-2)8-7(11)12-4/h3H2,1-2H3,(H,8,11). The van der Waals surface area contributed by atoms with Crippen LogP contribution in [0.1, 0.15) is 10.6 Å². The van der Waals surface area contributed by atoms with Crippen molar-refractivity contribution in [3.8, 4) is 0 Å². The number of nitrogens with one attached hydrogen (secondary N) is 1. The first-order valence-corrected chi connectivity index (χ1v) is 4.61. The number of esters is 1. The minimum absolute atomic E-state index is 0.248. The van der Waals surface area contributed by atoms with E-state index >= 15 is 0 Å². The van der Waals surface area contributed by atoms with E-state index in [2.05, 4.69) is 9.72 Å². The lowest BCUT2D eigenvalue weighted by Crippen LogP contribution is -2.05. The van der Waals surface area contributed by atoms with E-state index in [4.69, 9.17) is 12.2 Å². The molecule has 0 atom stereocenters. The van der Waals surface area contributed by atoms with E-state index in [1.54, 1.807) is 0 Å². The van der Waals surface area contributed by atoms with Gasteiger partial charge in [-0.1, -0.05) is 0 Å². The lowest BCUT2D eigenvalue weighted by molar-refractivity contribution is -0.139. The largest absolute Gasteiger partial charge is 0.469 e. The van der Waals surface area contributed by atoms with Crippen LogP contribution in [0.5, 0.6) is 0 Å². The zero-order valence-electron chi connectivity index (χ0n) is 6.84. The van der Waals surface area contributed by atoms with E-state index in [0.717, 1.165) is 10.6 Å². The fraction of sp³-hybridized carbons (Fsp3) is 0.429. The quantitative estimate of drug-likeness (QED) is 0.589. The van der Waals surface area contributed by atoms with Crippen LogP contribution in [0.3, 0.4) is 0 Å². The lowest BCUT2D eigenvalue weighted by atomic mass is 10.3. The minimum atomic E-state index is -0.248. The van der Waals surface area contributed by atoms with Gasteiger partial charge in [0.2, 0.25) is 0 Å². The summed E-state index contributed by atoms with van der Waals surface area (Å²) in [6, 6.07) is 0. The Balaban J connectivity index is 2.82. The van der Waals surface area contributed by atoms with Crippen LogP contribution in [-0.4, -0.2) is 18.1 Å². The average molecular weight is 203 g/mol. The highest BCUT2D eigenvalue weighted by molar-refractivity contribution is 7.73. The molecule has 1 aromatic rings. The first-order chi connectivity index (χ1) is 5.63. The van der Waals surface area contributed by atoms with Gasteiger partial charge in [-0.25, -0.2) is 0 Å². The summed E-state index contributed by atoms with van der Waals surface area (Å²) >= 11 is 6.39. The summed E-state index contributed by atoms with van der Waals surface area (Å²) in [6.45, 7) is 1.93. The molecule has 1 heterocycles. The van der Waals surface area contributed by atoms with Gasteiger partial charge in [-0.2, -0.15) is 0 Å². The molecule has 0 aromatic carbocycles. The van der Waals surface area contributed by atoms with Gasteiger partial charge in [0.1, 0.15) is 0 Å². The fourth-order valence-electron chi connectivity index (χ4n) is 0.823. The molecule has 5 heteroatoms. The van der Waals surface area contributed by atoms with E-state index < -0.39 is 0 Å². The van der Waals surface area contributed by atoms with Gasteiger partial charge >= 0.3 is 5.97 Å². The number of aryl methyl sites for hydroxylation is 1. The van der Waals surface area contributed by atoms with E-state index in [1.165, 1.54) is 18.4 Å². The van der Waals surface area contributed by atoms with Gasteiger partial charge in [0, 0.05) is 10.6 Å². The topological polar surface area (TPSA) is 42.1 Å². The van der Waals surface area contributed by atoms with E-state index in [1.807, 2.05) is 6.92 Å². The molecule has 1 N–H and O–H groups in total. The smallest absolute Gasteiger partial charge is 0.311 e. The van der Waals surface area contributed by atoms with E-state index in [-0.39, 0.29) is 12.4 Å². The SMILES string of the molecule is COC(=O)Cc1[nH]c(=S)sc1C. The Morgan fingerprint density at radius 3 is 2.83 bits per heavy atom. The number of ether oxygens (including phenoxy) is 1. The zero-order chi connectivity index (χ0) is 9.14. The van der Waals surface area contributed by atoms with Crippen molar-refractivity contribution in [2.75, 3.05) is 7.11 Å². The van der Waals surface area contributed by atoms with Gasteiger partial charge < -0.3 is 9.72 Å². The first kappa shape index (κ1) is 9.41. The molecule has 0 aliphatic rings. The van der Waals surface area contributed by atoms with Gasteiger partial charge in [0.15, 0.2) is 3.95 Å². The van der Waals surface area contributed by atoms with Crippen LogP contribution in [0.25, 0.3) is 0 Å². The van der Waals surface area contributed by atoms with Crippen LogP contribution in [0.4, 0.5) is 0 Å². The highest BCUT2D eigenvalue weighted by Crippen LogP contribution is 2.14. The maximum Gasteiger partial charge on any atom is 0.311 e. The summed E-state index contributed by atoms with van der Waals surface area (Å²) in [7, 11) is 1.37. The maximum absolute atomic E-state index is 10.9. The number of aromatic nitrogens is 1. The number of aromatic amines is 1. The predicted octanol–water partition coefficient (Wildman–Crippen LogP) is 1.83. The summed E-state index contributed by atoms with van der Waals surface area (Å²) < 4.78 is 5.23. The third-order valence-corrected chi connectivity index (χ3v) is 2.66. The molecule has 0 unspecified atom stereocenters. The van der Waals surface area contributed by atoms with Crippen molar-refractivity contribution in [1.82, 2.24) is 4.98 Å². The van der Waals surface area contributed by atoms with E-state index in [9.17, 15) is 4.79 Å². The molecule has 0 aliphatic heterocycles. The van der Waals surface area contributed by atoms with Gasteiger partial charge in [-0.15, -0.1) is 11.3 Å². The second-order valence-corrected chi connectivity index (χ2v) is 4.19. The van der Waals surface area contributed by atoms with Crippen molar-refractivity contribution in [3.05, 3.63) is 14.5 Å². The Morgan fingerprint density at radius 2 is 2.42 bits per heavy atom. The van der Waals surface area contributed by atoms with Crippen LogP contribution in [0.2, 0.25) is 0 Å². The van der Waals surface area contributed by atoms with Crippen molar-refractivity contribution in [2.45, 2.75) is 13.3 Å². The zero-order valence-corrected chi connectivity index (χ0v) is 8.47. The van der Waals surface area contributed by atoms with Crippen molar-refractivity contribution >= 4 is 29.5 Å². The summed E-state index contributed by atoms with van der Waals surface area (Å²) in [6.07, 6.45) is 0.273. The van der Waals surface area contributed by atoms with Crippen molar-refractivity contribution in [2.24, 2.45) is 0 Å². The van der Waals surface area contributed by atoms with Gasteiger partial charge in [-0.05, 0) is 19.1 Å². The Kier molecular flexibility index (Phi) is 2.99. The summed E-state index contributed by atoms with van der Waals surface area (Å²) in [4.78, 5) is 14.9. The molecular weight excluding hydrogens is 194 g/mol. The number of hydrogen-bond acceptors (Lipinski definition) is 4. The Labute approximate surface area is 79.4 Å². The highest BCUT2D eigenvalue weighted by atomic mass is 32.1. The fourth-order valence-corrected chi connectivity index (χ4v) is 2.02. The van der Waals surface area contributed by atoms with Crippen molar-refractivity contribution in [1.29, 1.82) is 0 Å². The van der Waals surface area contributed by atoms with Crippen LogP contribution in [-0.2, 0) is 16.0 Å². The molecule has 0 saturated carbocycles. The summed E-state index contributed by atoms with van der Waals surface area (Å²) in [5, 5.41) is 0. The third kappa shape index (κ3) is 2.15. The summed E-state index contributed by atoms with van der Waals surface area (Å²) in [5.41, 5.74) is 0.858. The van der Waals surface area contributed by atoms with Crippen LogP contribution < -0.4 is 0 Å². The minimum Gasteiger partial charge on any atom is -0.469 e. The Hall–Kier alpha value is -0.680. The third-order valence-electron chi connectivity index (χ3n) is 1.47. The number of carbonyl (C=O) groups excluding carboxylic acids is 1. The van der Waals surface area contributed by atoms with Crippen molar-refractivity contribution < 1.29 is 9.53 Å². The molecular formula is C7H9NO2S2. The van der Waals surface area contributed by atoms with E-state index in [0.29, 0.717) is 3.95 Å². The van der Waals surface area contributed by atoms with Crippen LogP contribution >= 0.6 is 23.6 Å². The Morgan fingerprint density at radius 1 is 1.75 bits per heavy atom.